The summed E-state index contributed by atoms with van der Waals surface area (Å²) in [6.45, 7) is 1.79. The molecule has 148 valence electrons. The van der Waals surface area contributed by atoms with E-state index in [1.54, 1.807) is 42.2 Å². The predicted octanol–water partition coefficient (Wildman–Crippen LogP) is 1.93. The van der Waals surface area contributed by atoms with Gasteiger partial charge in [0.25, 0.3) is 0 Å². The van der Waals surface area contributed by atoms with Crippen molar-refractivity contribution in [3.8, 4) is 11.8 Å². The largest absolute Gasteiger partial charge is 0.349 e. The van der Waals surface area contributed by atoms with Crippen molar-refractivity contribution in [1.82, 2.24) is 20.1 Å². The maximum Gasteiger partial charge on any atom is 0.235 e. The van der Waals surface area contributed by atoms with Gasteiger partial charge in [0, 0.05) is 0 Å². The number of amides is 1. The van der Waals surface area contributed by atoms with Gasteiger partial charge < -0.3 is 5.32 Å². The predicted molar refractivity (Wildman–Crippen MR) is 107 cm³/mol. The van der Waals surface area contributed by atoms with Crippen LogP contribution in [0.2, 0.25) is 0 Å². The van der Waals surface area contributed by atoms with Crippen LogP contribution in [-0.4, -0.2) is 34.8 Å². The normalized spacial score (nSPS) is 12.1. The summed E-state index contributed by atoms with van der Waals surface area (Å²) in [4.78, 5) is 16.1. The van der Waals surface area contributed by atoms with E-state index in [0.717, 1.165) is 11.3 Å². The third-order valence-electron chi connectivity index (χ3n) is 4.27. The van der Waals surface area contributed by atoms with Gasteiger partial charge in [0.2, 0.25) is 5.91 Å². The minimum absolute atomic E-state index is 0.257. The Balaban J connectivity index is 1.58. The highest BCUT2D eigenvalue weighted by Crippen LogP contribution is 2.15. The average molecular weight is 409 g/mol. The van der Waals surface area contributed by atoms with Gasteiger partial charge in [-0.25, -0.2) is 18.1 Å². The molecule has 2 aromatic carbocycles. The first-order chi connectivity index (χ1) is 13.9. The number of hydrogen-bond acceptors (Lipinski definition) is 6. The molecule has 29 heavy (non-hydrogen) atoms. The molecule has 1 heterocycles. The van der Waals surface area contributed by atoms with Gasteiger partial charge in [-0.3, -0.25) is 4.79 Å². The second kappa shape index (κ2) is 8.67. The molecular formula is C20H19N5O3S. The fourth-order valence-corrected chi connectivity index (χ4v) is 4.09. The zero-order valence-electron chi connectivity index (χ0n) is 15.7. The molecule has 1 atom stereocenters. The van der Waals surface area contributed by atoms with Crippen molar-refractivity contribution in [3.63, 3.8) is 0 Å². The summed E-state index contributed by atoms with van der Waals surface area (Å²) in [5.74, 6) is -1.42. The minimum Gasteiger partial charge on any atom is -0.349 e. The van der Waals surface area contributed by atoms with Crippen molar-refractivity contribution in [2.24, 2.45) is 0 Å². The Morgan fingerprint density at radius 3 is 2.45 bits per heavy atom. The molecule has 0 aliphatic rings. The quantitative estimate of drug-likeness (QED) is 0.637. The maximum absolute atomic E-state index is 12.3. The summed E-state index contributed by atoms with van der Waals surface area (Å²) in [6, 6.07) is 15.2. The van der Waals surface area contributed by atoms with Crippen molar-refractivity contribution < 1.29 is 13.2 Å². The van der Waals surface area contributed by atoms with Gasteiger partial charge in [-0.05, 0) is 42.3 Å². The van der Waals surface area contributed by atoms with Crippen LogP contribution in [0.25, 0.3) is 5.69 Å². The number of nitriles is 1. The van der Waals surface area contributed by atoms with E-state index in [-0.39, 0.29) is 11.8 Å². The number of nitrogens with zero attached hydrogens (tertiary/aromatic N) is 4. The van der Waals surface area contributed by atoms with Gasteiger partial charge in [0.05, 0.1) is 29.1 Å². The van der Waals surface area contributed by atoms with Crippen molar-refractivity contribution in [2.45, 2.75) is 18.7 Å². The molecule has 9 heteroatoms. The second-order valence-electron chi connectivity index (χ2n) is 6.56. The summed E-state index contributed by atoms with van der Waals surface area (Å²) < 4.78 is 26.2. The highest BCUT2D eigenvalue weighted by Gasteiger charge is 2.19. The molecule has 0 saturated carbocycles. The number of benzene rings is 2. The lowest BCUT2D eigenvalue weighted by Crippen LogP contribution is -2.32. The molecule has 0 aliphatic carbocycles. The van der Waals surface area contributed by atoms with Crippen LogP contribution < -0.4 is 5.32 Å². The molecule has 0 fully saturated rings. The Kier molecular flexibility index (Phi) is 6.04. The Bertz CT molecular complexity index is 1120. The summed E-state index contributed by atoms with van der Waals surface area (Å²) >= 11 is 0. The Labute approximate surface area is 168 Å². The summed E-state index contributed by atoms with van der Waals surface area (Å²) in [6.07, 6.45) is 3.02. The van der Waals surface area contributed by atoms with Crippen molar-refractivity contribution in [1.29, 1.82) is 5.26 Å². The van der Waals surface area contributed by atoms with E-state index in [0.29, 0.717) is 11.1 Å². The Morgan fingerprint density at radius 1 is 1.17 bits per heavy atom. The molecule has 1 aromatic heterocycles. The number of sulfone groups is 1. The lowest BCUT2D eigenvalue weighted by atomic mass is 10.1. The van der Waals surface area contributed by atoms with Crippen LogP contribution in [-0.2, 0) is 20.4 Å². The van der Waals surface area contributed by atoms with E-state index in [1.165, 1.54) is 6.33 Å². The number of carbonyl (C=O) groups excluding carboxylic acids is 1. The number of aromatic nitrogens is 3. The van der Waals surface area contributed by atoms with Gasteiger partial charge in [-0.15, -0.1) is 0 Å². The highest BCUT2D eigenvalue weighted by molar-refractivity contribution is 7.91. The van der Waals surface area contributed by atoms with Gasteiger partial charge in [0.15, 0.2) is 9.84 Å². The lowest BCUT2D eigenvalue weighted by molar-refractivity contribution is -0.119. The monoisotopic (exact) mass is 409 g/mol. The third-order valence-corrected chi connectivity index (χ3v) is 5.75. The Hall–Kier alpha value is -3.51. The van der Waals surface area contributed by atoms with Crippen molar-refractivity contribution in [3.05, 3.63) is 77.9 Å². The van der Waals surface area contributed by atoms with Crippen LogP contribution in [0.4, 0.5) is 0 Å². The number of hydrogen-bond donors (Lipinski definition) is 1. The molecule has 3 aromatic rings. The fourth-order valence-electron chi connectivity index (χ4n) is 2.80. The molecule has 1 amide bonds. The zero-order chi connectivity index (χ0) is 20.9. The van der Waals surface area contributed by atoms with E-state index in [2.05, 4.69) is 15.4 Å². The standard InChI is InChI=1S/C20H19N5O3S/c1-15(18-6-8-19(9-7-18)25-14-22-13-23-25)24-20(26)12-29(27,28)11-17-4-2-16(10-21)3-5-17/h2-9,13-15H,11-12H2,1H3,(H,24,26). The van der Waals surface area contributed by atoms with Gasteiger partial charge in [0.1, 0.15) is 18.4 Å². The van der Waals surface area contributed by atoms with Gasteiger partial charge >= 0.3 is 0 Å². The molecule has 0 aliphatic heterocycles. The molecule has 3 rings (SSSR count). The van der Waals surface area contributed by atoms with Crippen LogP contribution in [0.15, 0.2) is 61.2 Å². The van der Waals surface area contributed by atoms with Gasteiger partial charge in [-0.1, -0.05) is 24.3 Å². The van der Waals surface area contributed by atoms with Crippen molar-refractivity contribution in [2.75, 3.05) is 5.75 Å². The average Bonchev–Trinajstić information content (AvgIpc) is 3.22. The summed E-state index contributed by atoms with van der Waals surface area (Å²) in [7, 11) is -3.63. The fraction of sp³-hybridized carbons (Fsp3) is 0.200. The molecule has 0 radical (unpaired) electrons. The minimum atomic E-state index is -3.63. The smallest absolute Gasteiger partial charge is 0.235 e. The van der Waals surface area contributed by atoms with E-state index in [4.69, 9.17) is 5.26 Å². The van der Waals surface area contributed by atoms with Crippen LogP contribution in [0.1, 0.15) is 29.7 Å². The highest BCUT2D eigenvalue weighted by atomic mass is 32.2. The number of nitrogens with one attached hydrogen (secondary N) is 1. The Morgan fingerprint density at radius 2 is 1.86 bits per heavy atom. The molecule has 1 unspecified atom stereocenters. The van der Waals surface area contributed by atoms with Crippen LogP contribution in [0.3, 0.4) is 0 Å². The van der Waals surface area contributed by atoms with E-state index in [1.807, 2.05) is 30.3 Å². The summed E-state index contributed by atoms with van der Waals surface area (Å²) in [5, 5.41) is 15.6. The van der Waals surface area contributed by atoms with Crippen LogP contribution in [0, 0.1) is 11.3 Å². The van der Waals surface area contributed by atoms with E-state index < -0.39 is 21.5 Å². The van der Waals surface area contributed by atoms with E-state index >= 15 is 0 Å². The summed E-state index contributed by atoms with van der Waals surface area (Å²) in [5.41, 5.74) is 2.66. The molecule has 0 spiro atoms. The maximum atomic E-state index is 12.3. The molecule has 0 saturated heterocycles. The van der Waals surface area contributed by atoms with E-state index in [9.17, 15) is 13.2 Å². The molecule has 1 N–H and O–H groups in total. The lowest BCUT2D eigenvalue weighted by Gasteiger charge is -2.15. The third kappa shape index (κ3) is 5.49. The number of rotatable bonds is 7. The second-order valence-corrected chi connectivity index (χ2v) is 8.63. The molecular weight excluding hydrogens is 390 g/mol. The van der Waals surface area contributed by atoms with Crippen LogP contribution in [0.5, 0.6) is 0 Å². The SMILES string of the molecule is CC(NC(=O)CS(=O)(=O)Cc1ccc(C#N)cc1)c1ccc(-n2cncn2)cc1. The first-order valence-electron chi connectivity index (χ1n) is 8.80. The molecule has 8 nitrogen and oxygen atoms in total. The van der Waals surface area contributed by atoms with Crippen LogP contribution >= 0.6 is 0 Å². The van der Waals surface area contributed by atoms with Crippen molar-refractivity contribution >= 4 is 15.7 Å². The van der Waals surface area contributed by atoms with Gasteiger partial charge in [-0.2, -0.15) is 10.4 Å². The number of carbonyl (C=O) groups is 1. The zero-order valence-corrected chi connectivity index (χ0v) is 16.5. The first-order valence-corrected chi connectivity index (χ1v) is 10.6. The first kappa shape index (κ1) is 20.2. The topological polar surface area (TPSA) is 118 Å². The molecule has 0 bridgehead atoms.